The zero-order valence-electron chi connectivity index (χ0n) is 27.3. The average Bonchev–Trinajstić information content (AvgIpc) is 3.74. The third-order valence-corrected chi connectivity index (χ3v) is 10.3. The number of hydrogen-bond donors (Lipinski definition) is 3. The number of aryl methyl sites for hydroxylation is 1. The second kappa shape index (κ2) is 15.9. The topological polar surface area (TPSA) is 169 Å². The minimum atomic E-state index is -4.22. The Balaban J connectivity index is 1.57. The molecule has 256 valence electrons. The van der Waals surface area contributed by atoms with E-state index in [4.69, 9.17) is 9.62 Å². The number of carbonyl (C=O) groups is 2. The summed E-state index contributed by atoms with van der Waals surface area (Å²) in [5.41, 5.74) is 1.63. The van der Waals surface area contributed by atoms with Gasteiger partial charge in [-0.05, 0) is 42.9 Å². The van der Waals surface area contributed by atoms with E-state index in [2.05, 4.69) is 15.5 Å². The van der Waals surface area contributed by atoms with Gasteiger partial charge in [0.2, 0.25) is 11.0 Å². The first-order valence-corrected chi connectivity index (χ1v) is 17.9. The lowest BCUT2D eigenvalue weighted by atomic mass is 9.97. The number of furan rings is 1. The van der Waals surface area contributed by atoms with Gasteiger partial charge < -0.3 is 29.8 Å². The SMILES string of the molecule is Cc1nc(CN2CCN([C@H](C(=O)N[C@@H](Cc3ccccc3)[C@H](O)CN(CC(C)C)S(=O)(=O)c3ccc(/C=N/O)o3)C(C)C)C2=O)cs1. The van der Waals surface area contributed by atoms with Gasteiger partial charge >= 0.3 is 6.03 Å². The maximum absolute atomic E-state index is 14.0. The summed E-state index contributed by atoms with van der Waals surface area (Å²) >= 11 is 1.52. The number of urea groups is 1. The molecule has 3 N–H and O–H groups in total. The molecule has 3 aromatic rings. The van der Waals surface area contributed by atoms with Crippen LogP contribution < -0.4 is 5.32 Å². The number of sulfonamides is 1. The van der Waals surface area contributed by atoms with Gasteiger partial charge in [-0.15, -0.1) is 11.3 Å². The molecular formula is C32H44N6O7S2. The second-order valence-corrected chi connectivity index (χ2v) is 15.4. The normalized spacial score (nSPS) is 16.1. The van der Waals surface area contributed by atoms with Crippen LogP contribution in [-0.4, -0.2) is 100 Å². The lowest BCUT2D eigenvalue weighted by Gasteiger charge is -2.34. The summed E-state index contributed by atoms with van der Waals surface area (Å²) in [6.45, 7) is 10.2. The van der Waals surface area contributed by atoms with Gasteiger partial charge in [-0.1, -0.05) is 63.2 Å². The highest BCUT2D eigenvalue weighted by Crippen LogP contribution is 2.23. The van der Waals surface area contributed by atoms with Crippen LogP contribution in [0.15, 0.2) is 62.5 Å². The van der Waals surface area contributed by atoms with Gasteiger partial charge in [0.1, 0.15) is 18.0 Å². The lowest BCUT2D eigenvalue weighted by Crippen LogP contribution is -2.57. The molecule has 0 spiro atoms. The summed E-state index contributed by atoms with van der Waals surface area (Å²) in [5.74, 6) is -0.739. The fourth-order valence-corrected chi connectivity index (χ4v) is 7.79. The molecular weight excluding hydrogens is 645 g/mol. The Hall–Kier alpha value is -3.79. The largest absolute Gasteiger partial charge is 0.442 e. The molecule has 4 rings (SSSR count). The molecule has 15 heteroatoms. The van der Waals surface area contributed by atoms with E-state index in [1.807, 2.05) is 70.3 Å². The zero-order valence-corrected chi connectivity index (χ0v) is 28.9. The predicted molar refractivity (Wildman–Crippen MR) is 178 cm³/mol. The van der Waals surface area contributed by atoms with Gasteiger partial charge in [-0.2, -0.15) is 4.31 Å². The standard InChI is InChI=1S/C32H44N6O7S2/c1-21(2)17-37(47(43,44)29-12-11-26(45-29)16-33-42)19-28(39)27(15-24-9-7-6-8-10-24)35-31(40)30(22(3)4)38-14-13-36(32(38)41)18-25-20-46-23(5)34-25/h6-12,16,20-22,27-28,30,39,42H,13-15,17-19H2,1-5H3,(H,35,40)/b33-16+/t27-,28+,30-/m0/s1. The molecule has 1 saturated heterocycles. The van der Waals surface area contributed by atoms with E-state index < -0.39 is 34.1 Å². The molecule has 2 aromatic heterocycles. The summed E-state index contributed by atoms with van der Waals surface area (Å²) in [7, 11) is -4.22. The van der Waals surface area contributed by atoms with Crippen molar-refractivity contribution in [1.29, 1.82) is 0 Å². The Morgan fingerprint density at radius 1 is 1.15 bits per heavy atom. The van der Waals surface area contributed by atoms with Gasteiger partial charge in [0.15, 0.2) is 0 Å². The van der Waals surface area contributed by atoms with E-state index in [0.717, 1.165) is 26.8 Å². The van der Waals surface area contributed by atoms with Crippen molar-refractivity contribution >= 4 is 39.5 Å². The quantitative estimate of drug-likeness (QED) is 0.117. The molecule has 1 aromatic carbocycles. The number of nitrogens with zero attached hydrogens (tertiary/aromatic N) is 5. The van der Waals surface area contributed by atoms with Crippen LogP contribution in [0.2, 0.25) is 0 Å². The Kier molecular flexibility index (Phi) is 12.2. The molecule has 1 aliphatic heterocycles. The molecule has 0 saturated carbocycles. The fourth-order valence-electron chi connectivity index (χ4n) is 5.65. The summed E-state index contributed by atoms with van der Waals surface area (Å²) < 4.78 is 33.9. The summed E-state index contributed by atoms with van der Waals surface area (Å²) in [6, 6.07) is 9.92. The number of oxime groups is 1. The number of aliphatic hydroxyl groups is 1. The number of aromatic nitrogens is 1. The molecule has 0 radical (unpaired) electrons. The van der Waals surface area contributed by atoms with Crippen LogP contribution >= 0.6 is 11.3 Å². The summed E-state index contributed by atoms with van der Waals surface area (Å²) in [6.07, 6.45) is -0.135. The van der Waals surface area contributed by atoms with E-state index in [9.17, 15) is 23.1 Å². The van der Waals surface area contributed by atoms with Crippen molar-refractivity contribution < 1.29 is 32.7 Å². The van der Waals surface area contributed by atoms with Gasteiger partial charge in [0.05, 0.1) is 29.4 Å². The first kappa shape index (κ1) is 36.1. The van der Waals surface area contributed by atoms with Crippen molar-refractivity contribution in [3.05, 3.63) is 69.9 Å². The molecule has 0 unspecified atom stereocenters. The molecule has 13 nitrogen and oxygen atoms in total. The van der Waals surface area contributed by atoms with Crippen LogP contribution in [0.5, 0.6) is 0 Å². The number of benzene rings is 1. The average molecular weight is 689 g/mol. The number of hydrogen-bond acceptors (Lipinski definition) is 10. The number of aliphatic hydroxyl groups excluding tert-OH is 1. The maximum Gasteiger partial charge on any atom is 0.321 e. The van der Waals surface area contributed by atoms with Gasteiger partial charge in [0, 0.05) is 31.6 Å². The molecule has 1 fully saturated rings. The van der Waals surface area contributed by atoms with Gasteiger partial charge in [-0.3, -0.25) is 4.79 Å². The first-order valence-electron chi connectivity index (χ1n) is 15.6. The summed E-state index contributed by atoms with van der Waals surface area (Å²) in [5, 5.41) is 28.8. The number of rotatable bonds is 16. The second-order valence-electron chi connectivity index (χ2n) is 12.4. The van der Waals surface area contributed by atoms with Crippen molar-refractivity contribution in [2.45, 2.75) is 70.9 Å². The third-order valence-electron chi connectivity index (χ3n) is 7.81. The minimum absolute atomic E-state index is 0.0433. The van der Waals surface area contributed by atoms with E-state index in [0.29, 0.717) is 19.6 Å². The molecule has 3 atom stereocenters. The van der Waals surface area contributed by atoms with E-state index >= 15 is 0 Å². The Labute approximate surface area is 279 Å². The predicted octanol–water partition coefficient (Wildman–Crippen LogP) is 3.55. The number of amides is 3. The van der Waals surface area contributed by atoms with Crippen LogP contribution in [0, 0.1) is 18.8 Å². The van der Waals surface area contributed by atoms with E-state index in [-0.39, 0.29) is 48.2 Å². The molecule has 47 heavy (non-hydrogen) atoms. The molecule has 3 amide bonds. The summed E-state index contributed by atoms with van der Waals surface area (Å²) in [4.78, 5) is 35.2. The maximum atomic E-state index is 14.0. The van der Waals surface area contributed by atoms with Crippen molar-refractivity contribution in [2.24, 2.45) is 17.0 Å². The highest BCUT2D eigenvalue weighted by molar-refractivity contribution is 7.89. The fraction of sp³-hybridized carbons (Fsp3) is 0.500. The molecule has 0 aliphatic carbocycles. The molecule has 3 heterocycles. The van der Waals surface area contributed by atoms with E-state index in [1.165, 1.54) is 23.5 Å². The Bertz CT molecular complexity index is 1620. The Morgan fingerprint density at radius 2 is 1.87 bits per heavy atom. The Morgan fingerprint density at radius 3 is 2.49 bits per heavy atom. The van der Waals surface area contributed by atoms with Crippen molar-refractivity contribution in [2.75, 3.05) is 26.2 Å². The van der Waals surface area contributed by atoms with Crippen LogP contribution in [0.1, 0.15) is 49.7 Å². The van der Waals surface area contributed by atoms with Crippen LogP contribution in [0.3, 0.4) is 0 Å². The highest BCUT2D eigenvalue weighted by Gasteiger charge is 2.41. The lowest BCUT2D eigenvalue weighted by molar-refractivity contribution is -0.128. The van der Waals surface area contributed by atoms with Crippen molar-refractivity contribution in [3.63, 3.8) is 0 Å². The van der Waals surface area contributed by atoms with Crippen LogP contribution in [0.25, 0.3) is 0 Å². The molecule has 0 bridgehead atoms. The number of nitrogens with one attached hydrogen (secondary N) is 1. The van der Waals surface area contributed by atoms with Crippen LogP contribution in [0.4, 0.5) is 4.79 Å². The minimum Gasteiger partial charge on any atom is -0.442 e. The van der Waals surface area contributed by atoms with Crippen molar-refractivity contribution in [1.82, 2.24) is 24.4 Å². The third kappa shape index (κ3) is 9.18. The monoisotopic (exact) mass is 688 g/mol. The highest BCUT2D eigenvalue weighted by atomic mass is 32.2. The number of thiazole rings is 1. The van der Waals surface area contributed by atoms with Crippen LogP contribution in [-0.2, 0) is 27.8 Å². The molecule has 1 aliphatic rings. The van der Waals surface area contributed by atoms with E-state index in [1.54, 1.807) is 9.80 Å². The first-order chi connectivity index (χ1) is 22.3. The van der Waals surface area contributed by atoms with Gasteiger partial charge in [-0.25, -0.2) is 18.2 Å². The smallest absolute Gasteiger partial charge is 0.321 e. The van der Waals surface area contributed by atoms with Gasteiger partial charge in [0.25, 0.3) is 10.0 Å². The number of carbonyl (C=O) groups excluding carboxylic acids is 2. The zero-order chi connectivity index (χ0) is 34.3. The van der Waals surface area contributed by atoms with Crippen molar-refractivity contribution in [3.8, 4) is 0 Å².